The van der Waals surface area contributed by atoms with E-state index in [0.29, 0.717) is 5.92 Å². The van der Waals surface area contributed by atoms with Crippen LogP contribution in [0.25, 0.3) is 11.0 Å². The number of nitrogens with zero attached hydrogens (tertiary/aromatic N) is 2. The molecule has 5 heteroatoms. The Labute approximate surface area is 190 Å². The molecule has 2 saturated heterocycles. The molecule has 2 aliphatic heterocycles. The van der Waals surface area contributed by atoms with Crippen LogP contribution in [0, 0.1) is 17.8 Å². The number of hydrogen-bond acceptors (Lipinski definition) is 4. The van der Waals surface area contributed by atoms with Gasteiger partial charge in [0.2, 0.25) is 0 Å². The Bertz CT molecular complexity index is 1060. The van der Waals surface area contributed by atoms with Gasteiger partial charge >= 0.3 is 0 Å². The summed E-state index contributed by atoms with van der Waals surface area (Å²) in [6, 6.07) is 16.7. The van der Waals surface area contributed by atoms with E-state index < -0.39 is 0 Å². The molecule has 0 spiro atoms. The number of para-hydroxylation sites is 2. The number of fused-ring (bicyclic) bond motifs is 1. The molecule has 1 aromatic heterocycles. The largest absolute Gasteiger partial charge is 0.362 e. The monoisotopic (exact) mass is 428 g/mol. The second-order valence-corrected chi connectivity index (χ2v) is 9.10. The first-order valence-electron chi connectivity index (χ1n) is 11.9. The highest BCUT2D eigenvalue weighted by Gasteiger charge is 2.26. The van der Waals surface area contributed by atoms with E-state index in [1.54, 1.807) is 0 Å². The Morgan fingerprint density at radius 1 is 1.09 bits per heavy atom. The van der Waals surface area contributed by atoms with Crippen LogP contribution in [0.3, 0.4) is 0 Å². The number of imidazole rings is 1. The number of rotatable bonds is 4. The van der Waals surface area contributed by atoms with Crippen LogP contribution in [0.4, 0.5) is 0 Å². The molecular formula is C27H32N4O. The zero-order chi connectivity index (χ0) is 21.8. The molecule has 5 rings (SSSR count). The van der Waals surface area contributed by atoms with Crippen molar-refractivity contribution in [2.45, 2.75) is 37.9 Å². The summed E-state index contributed by atoms with van der Waals surface area (Å²) in [6.45, 7) is 4.24. The van der Waals surface area contributed by atoms with Gasteiger partial charge in [-0.1, -0.05) is 36.1 Å². The maximum absolute atomic E-state index is 6.71. The van der Waals surface area contributed by atoms with Gasteiger partial charge in [-0.15, -0.1) is 0 Å². The third-order valence-electron chi connectivity index (χ3n) is 6.56. The summed E-state index contributed by atoms with van der Waals surface area (Å²) in [7, 11) is 2.18. The SMILES string of the molecule is CN1CCC(OC(c2cccc(C#CC3CCCNC3)c2)c2nc3ccccc3[nH]2)CC1. The van der Waals surface area contributed by atoms with Crippen LogP contribution in [0.2, 0.25) is 0 Å². The normalized spacial score (nSPS) is 21.2. The fourth-order valence-corrected chi connectivity index (χ4v) is 4.65. The fourth-order valence-electron chi connectivity index (χ4n) is 4.65. The van der Waals surface area contributed by atoms with Crippen LogP contribution in [0.1, 0.15) is 48.7 Å². The number of ether oxygens (including phenoxy) is 1. The van der Waals surface area contributed by atoms with Crippen LogP contribution in [-0.2, 0) is 4.74 Å². The van der Waals surface area contributed by atoms with Gasteiger partial charge in [-0.05, 0) is 69.1 Å². The van der Waals surface area contributed by atoms with E-state index in [1.165, 1.54) is 12.8 Å². The molecular weight excluding hydrogens is 396 g/mol. The average Bonchev–Trinajstić information content (AvgIpc) is 3.27. The number of likely N-dealkylation sites (tertiary alicyclic amines) is 1. The van der Waals surface area contributed by atoms with Crippen molar-refractivity contribution in [1.29, 1.82) is 0 Å². The zero-order valence-electron chi connectivity index (χ0n) is 18.8. The Hall–Kier alpha value is -2.65. The van der Waals surface area contributed by atoms with Crippen LogP contribution >= 0.6 is 0 Å². The minimum atomic E-state index is -0.228. The lowest BCUT2D eigenvalue weighted by Crippen LogP contribution is -2.35. The second-order valence-electron chi connectivity index (χ2n) is 9.10. The maximum atomic E-state index is 6.71. The molecule has 5 nitrogen and oxygen atoms in total. The number of piperidine rings is 2. The van der Waals surface area contributed by atoms with Gasteiger partial charge in [0, 0.05) is 31.1 Å². The standard InChI is InChI=1S/C27H32N4O/c1-31-16-13-23(14-17-31)32-26(27-29-24-9-2-3-10-25(24)30-27)22-8-4-6-20(18-22)11-12-21-7-5-15-28-19-21/h2-4,6,8-10,18,21,23,26,28H,5,7,13-17,19H2,1H3,(H,29,30). The summed E-state index contributed by atoms with van der Waals surface area (Å²) in [5, 5.41) is 3.45. The Morgan fingerprint density at radius 3 is 2.78 bits per heavy atom. The molecule has 0 bridgehead atoms. The van der Waals surface area contributed by atoms with Gasteiger partial charge in [0.15, 0.2) is 0 Å². The maximum Gasteiger partial charge on any atom is 0.141 e. The summed E-state index contributed by atoms with van der Waals surface area (Å²) < 4.78 is 6.71. The van der Waals surface area contributed by atoms with Gasteiger partial charge in [-0.3, -0.25) is 0 Å². The molecule has 2 atom stereocenters. The van der Waals surface area contributed by atoms with Crippen molar-refractivity contribution in [3.8, 4) is 11.8 Å². The molecule has 2 unspecified atom stereocenters. The third-order valence-corrected chi connectivity index (χ3v) is 6.56. The number of hydrogen-bond donors (Lipinski definition) is 2. The van der Waals surface area contributed by atoms with Gasteiger partial charge < -0.3 is 19.9 Å². The lowest BCUT2D eigenvalue weighted by molar-refractivity contribution is -0.0264. The van der Waals surface area contributed by atoms with Crippen LogP contribution in [0.5, 0.6) is 0 Å². The molecule has 0 aliphatic carbocycles. The number of aromatic nitrogens is 2. The first-order valence-corrected chi connectivity index (χ1v) is 11.9. The molecule has 0 radical (unpaired) electrons. The van der Waals surface area contributed by atoms with Gasteiger partial charge in [0.25, 0.3) is 0 Å². The highest BCUT2D eigenvalue weighted by Crippen LogP contribution is 2.30. The molecule has 3 aromatic rings. The summed E-state index contributed by atoms with van der Waals surface area (Å²) in [5.74, 6) is 8.19. The van der Waals surface area contributed by atoms with E-state index in [2.05, 4.69) is 64.4 Å². The predicted molar refractivity (Wildman–Crippen MR) is 128 cm³/mol. The lowest BCUT2D eigenvalue weighted by atomic mass is 9.99. The number of nitrogens with one attached hydrogen (secondary N) is 2. The lowest BCUT2D eigenvalue weighted by Gasteiger charge is -2.31. The molecule has 0 saturated carbocycles. The first kappa shape index (κ1) is 21.2. The average molecular weight is 429 g/mol. The van der Waals surface area contributed by atoms with Crippen molar-refractivity contribution in [3.63, 3.8) is 0 Å². The van der Waals surface area contributed by atoms with Crippen LogP contribution in [-0.4, -0.2) is 54.2 Å². The zero-order valence-corrected chi connectivity index (χ0v) is 18.8. The molecule has 2 aliphatic rings. The van der Waals surface area contributed by atoms with Crippen molar-refractivity contribution < 1.29 is 4.74 Å². The van der Waals surface area contributed by atoms with E-state index in [-0.39, 0.29) is 12.2 Å². The first-order chi connectivity index (χ1) is 15.7. The minimum Gasteiger partial charge on any atom is -0.362 e. The Kier molecular flexibility index (Phi) is 6.54. The van der Waals surface area contributed by atoms with Crippen LogP contribution in [0.15, 0.2) is 48.5 Å². The van der Waals surface area contributed by atoms with E-state index in [4.69, 9.17) is 9.72 Å². The molecule has 2 fully saturated rings. The molecule has 166 valence electrons. The molecule has 32 heavy (non-hydrogen) atoms. The van der Waals surface area contributed by atoms with Crippen molar-refractivity contribution in [3.05, 3.63) is 65.5 Å². The predicted octanol–water partition coefficient (Wildman–Crippen LogP) is 4.11. The van der Waals surface area contributed by atoms with E-state index in [9.17, 15) is 0 Å². The van der Waals surface area contributed by atoms with Crippen molar-refractivity contribution >= 4 is 11.0 Å². The van der Waals surface area contributed by atoms with Crippen molar-refractivity contribution in [1.82, 2.24) is 20.2 Å². The van der Waals surface area contributed by atoms with Gasteiger partial charge in [0.05, 0.1) is 17.1 Å². The molecule has 0 amide bonds. The highest BCUT2D eigenvalue weighted by atomic mass is 16.5. The quantitative estimate of drug-likeness (QED) is 0.614. The van der Waals surface area contributed by atoms with E-state index in [0.717, 1.165) is 67.0 Å². The minimum absolute atomic E-state index is 0.228. The molecule has 2 aromatic carbocycles. The third kappa shape index (κ3) is 5.05. The highest BCUT2D eigenvalue weighted by molar-refractivity contribution is 5.74. The second kappa shape index (κ2) is 9.87. The summed E-state index contributed by atoms with van der Waals surface area (Å²) in [5.41, 5.74) is 4.16. The molecule has 3 heterocycles. The van der Waals surface area contributed by atoms with Gasteiger partial charge in [-0.2, -0.15) is 0 Å². The topological polar surface area (TPSA) is 53.2 Å². The van der Waals surface area contributed by atoms with Crippen molar-refractivity contribution in [2.75, 3.05) is 33.2 Å². The Balaban J connectivity index is 1.43. The Morgan fingerprint density at radius 2 is 1.97 bits per heavy atom. The van der Waals surface area contributed by atoms with E-state index in [1.807, 2.05) is 18.2 Å². The van der Waals surface area contributed by atoms with Gasteiger partial charge in [0.1, 0.15) is 11.9 Å². The fraction of sp³-hybridized carbons (Fsp3) is 0.444. The number of aromatic amines is 1. The summed E-state index contributed by atoms with van der Waals surface area (Å²) >= 11 is 0. The number of H-pyrrole nitrogens is 1. The number of benzene rings is 2. The van der Waals surface area contributed by atoms with E-state index >= 15 is 0 Å². The molecule has 2 N–H and O–H groups in total. The summed E-state index contributed by atoms with van der Waals surface area (Å²) in [4.78, 5) is 10.8. The van der Waals surface area contributed by atoms with Gasteiger partial charge in [-0.25, -0.2) is 4.98 Å². The van der Waals surface area contributed by atoms with Crippen LogP contribution < -0.4 is 5.32 Å². The van der Waals surface area contributed by atoms with Crippen molar-refractivity contribution in [2.24, 2.45) is 5.92 Å². The summed E-state index contributed by atoms with van der Waals surface area (Å²) in [6.07, 6.45) is 4.47. The smallest absolute Gasteiger partial charge is 0.141 e.